The molecule has 0 saturated heterocycles. The fourth-order valence-electron chi connectivity index (χ4n) is 7.10. The molecule has 0 aromatic carbocycles. The quantitative estimate of drug-likeness (QED) is 0.166. The average molecular weight is 631 g/mol. The fraction of sp³-hybridized carbons (Fsp3) is 0.429. The monoisotopic (exact) mass is 630 g/mol. The molecule has 6 heterocycles. The van der Waals surface area contributed by atoms with Gasteiger partial charge in [-0.3, -0.25) is 0 Å². The van der Waals surface area contributed by atoms with Gasteiger partial charge in [-0.05, 0) is 49.7 Å². The van der Waals surface area contributed by atoms with Crippen molar-refractivity contribution in [1.82, 2.24) is 39.9 Å². The number of nitriles is 2. The highest BCUT2D eigenvalue weighted by Gasteiger charge is 2.31. The molecule has 8 rings (SSSR count). The molecule has 12 nitrogen and oxygen atoms in total. The van der Waals surface area contributed by atoms with E-state index in [2.05, 4.69) is 52.0 Å². The van der Waals surface area contributed by atoms with Crippen LogP contribution in [-0.4, -0.2) is 39.9 Å². The maximum absolute atomic E-state index is 9.15. The van der Waals surface area contributed by atoms with Gasteiger partial charge in [0.15, 0.2) is 23.3 Å². The number of nitrogens with zero attached hydrogens (tertiary/aromatic N) is 8. The van der Waals surface area contributed by atoms with Crippen LogP contribution in [0.25, 0.3) is 45.0 Å². The van der Waals surface area contributed by atoms with E-state index < -0.39 is 0 Å². The molecule has 0 unspecified atom stereocenters. The molecule has 2 aliphatic carbocycles. The lowest BCUT2D eigenvalue weighted by Crippen LogP contribution is -2.09. The van der Waals surface area contributed by atoms with E-state index in [4.69, 9.17) is 19.4 Å². The van der Waals surface area contributed by atoms with Gasteiger partial charge in [-0.15, -0.1) is 0 Å². The van der Waals surface area contributed by atoms with Gasteiger partial charge in [0.25, 0.3) is 0 Å². The minimum Gasteiger partial charge on any atom is -0.439 e. The Hall–Kier alpha value is -5.36. The van der Waals surface area contributed by atoms with Crippen LogP contribution in [0.4, 0.5) is 0 Å². The van der Waals surface area contributed by atoms with Gasteiger partial charge >= 0.3 is 0 Å². The molecule has 2 fully saturated rings. The van der Waals surface area contributed by atoms with Crippen LogP contribution in [0.5, 0.6) is 0 Å². The first-order valence-electron chi connectivity index (χ1n) is 16.0. The fourth-order valence-corrected chi connectivity index (χ4v) is 7.10. The van der Waals surface area contributed by atoms with Crippen molar-refractivity contribution in [3.05, 3.63) is 61.4 Å². The molecular weight excluding hydrogens is 592 g/mol. The Morgan fingerprint density at radius 1 is 0.660 bits per heavy atom. The zero-order chi connectivity index (χ0) is 31.3. The first-order valence-corrected chi connectivity index (χ1v) is 16.0. The molecule has 6 aromatic heterocycles. The van der Waals surface area contributed by atoms with Crippen molar-refractivity contribution >= 4 is 22.1 Å². The van der Waals surface area contributed by atoms with E-state index in [0.717, 1.165) is 59.1 Å². The van der Waals surface area contributed by atoms with Crippen LogP contribution in [0.3, 0.4) is 0 Å². The van der Waals surface area contributed by atoms with E-state index in [1.807, 2.05) is 24.5 Å². The molecule has 2 atom stereocenters. The Morgan fingerprint density at radius 3 is 1.49 bits per heavy atom. The topological polar surface area (TPSA) is 183 Å². The largest absolute Gasteiger partial charge is 0.439 e. The minimum absolute atomic E-state index is 0. The van der Waals surface area contributed by atoms with Crippen molar-refractivity contribution in [2.24, 2.45) is 11.8 Å². The Labute approximate surface area is 272 Å². The lowest BCUT2D eigenvalue weighted by molar-refractivity contribution is 0.357. The third kappa shape index (κ3) is 6.50. The summed E-state index contributed by atoms with van der Waals surface area (Å²) in [4.78, 5) is 32.1. The van der Waals surface area contributed by atoms with Crippen LogP contribution < -0.4 is 0 Å². The van der Waals surface area contributed by atoms with Crippen molar-refractivity contribution in [2.75, 3.05) is 0 Å². The predicted molar refractivity (Wildman–Crippen MR) is 175 cm³/mol. The summed E-state index contributed by atoms with van der Waals surface area (Å²) in [7, 11) is 0. The number of aromatic nitrogens is 8. The van der Waals surface area contributed by atoms with Crippen LogP contribution in [0.15, 0.2) is 58.4 Å². The number of H-pyrrole nitrogens is 2. The first kappa shape index (κ1) is 31.6. The summed E-state index contributed by atoms with van der Waals surface area (Å²) in [6.45, 7) is 0. The molecule has 0 amide bonds. The third-order valence-corrected chi connectivity index (χ3v) is 9.42. The maximum atomic E-state index is 9.15. The highest BCUT2D eigenvalue weighted by atomic mass is 16.4. The van der Waals surface area contributed by atoms with Crippen LogP contribution >= 0.6 is 0 Å². The van der Waals surface area contributed by atoms with Crippen LogP contribution in [0, 0.1) is 34.5 Å². The molecule has 0 bridgehead atoms. The van der Waals surface area contributed by atoms with Gasteiger partial charge in [-0.2, -0.15) is 10.5 Å². The van der Waals surface area contributed by atoms with E-state index in [9.17, 15) is 0 Å². The summed E-state index contributed by atoms with van der Waals surface area (Å²) in [5.74, 6) is 3.75. The summed E-state index contributed by atoms with van der Waals surface area (Å²) < 4.78 is 12.0. The van der Waals surface area contributed by atoms with Crippen LogP contribution in [-0.2, 0) is 0 Å². The van der Waals surface area contributed by atoms with Crippen molar-refractivity contribution in [2.45, 2.75) is 83.5 Å². The Balaban J connectivity index is 0.000000161. The molecule has 0 radical (unpaired) electrons. The molecule has 47 heavy (non-hydrogen) atoms. The lowest BCUT2D eigenvalue weighted by Gasteiger charge is -2.17. The van der Waals surface area contributed by atoms with Gasteiger partial charge < -0.3 is 18.8 Å². The SMILES string of the molecule is C.N#CC[C@@H](c1ncc(-c2ncnc3[nH]ccc23)o1)C1CCCC1.N#CC[C@H](c1ncc(-c2ncnc3[nH]ccc23)o1)C1CCCC1. The summed E-state index contributed by atoms with van der Waals surface area (Å²) >= 11 is 0. The summed E-state index contributed by atoms with van der Waals surface area (Å²) in [6.07, 6.45) is 20.6. The number of oxazole rings is 2. The van der Waals surface area contributed by atoms with Crippen LogP contribution in [0.2, 0.25) is 0 Å². The Morgan fingerprint density at radius 2 is 1.09 bits per heavy atom. The van der Waals surface area contributed by atoms with E-state index in [0.29, 0.717) is 48.0 Å². The number of fused-ring (bicyclic) bond motifs is 2. The molecule has 6 aromatic rings. The zero-order valence-corrected chi connectivity index (χ0v) is 25.4. The van der Waals surface area contributed by atoms with Crippen molar-refractivity contribution in [3.63, 3.8) is 0 Å². The third-order valence-electron chi connectivity index (χ3n) is 9.42. The number of rotatable bonds is 8. The summed E-state index contributed by atoms with van der Waals surface area (Å²) in [5.41, 5.74) is 3.02. The standard InChI is InChI=1S/2C17H17N5O.CH4/c2*18-7-5-12(11-3-1-2-4-11)17-20-9-14(23-17)15-13-6-8-19-16(13)22-10-21-15;/h2*6,8-12H,1-5H2,(H,19,21,22);1H4/t2*12-;/m10./s1. The molecule has 2 aliphatic rings. The molecule has 0 aliphatic heterocycles. The number of nitrogens with one attached hydrogen (secondary N) is 2. The molecular formula is C35H38N10O2. The number of hydrogen-bond acceptors (Lipinski definition) is 10. The van der Waals surface area contributed by atoms with E-state index in [1.165, 1.54) is 38.3 Å². The van der Waals surface area contributed by atoms with Gasteiger partial charge in [0.1, 0.15) is 35.3 Å². The minimum atomic E-state index is 0. The van der Waals surface area contributed by atoms with Crippen molar-refractivity contribution in [3.8, 4) is 35.0 Å². The highest BCUT2D eigenvalue weighted by molar-refractivity contribution is 5.89. The van der Waals surface area contributed by atoms with E-state index in [1.54, 1.807) is 12.4 Å². The number of hydrogen-bond donors (Lipinski definition) is 2. The molecule has 12 heteroatoms. The Kier molecular flexibility index (Phi) is 9.67. The van der Waals surface area contributed by atoms with Gasteiger partial charge in [0, 0.05) is 36.0 Å². The zero-order valence-electron chi connectivity index (χ0n) is 25.4. The van der Waals surface area contributed by atoms with Crippen molar-refractivity contribution < 1.29 is 8.83 Å². The normalized spacial score (nSPS) is 16.3. The van der Waals surface area contributed by atoms with E-state index >= 15 is 0 Å². The average Bonchev–Trinajstić information content (AvgIpc) is 3.94. The first-order chi connectivity index (χ1) is 22.7. The second kappa shape index (κ2) is 14.4. The Bertz CT molecular complexity index is 1850. The van der Waals surface area contributed by atoms with Crippen molar-refractivity contribution in [1.29, 1.82) is 10.5 Å². The molecule has 2 N–H and O–H groups in total. The second-order valence-electron chi connectivity index (χ2n) is 12.1. The van der Waals surface area contributed by atoms with E-state index in [-0.39, 0.29) is 19.3 Å². The second-order valence-corrected chi connectivity index (χ2v) is 12.1. The summed E-state index contributed by atoms with van der Waals surface area (Å²) in [5, 5.41) is 20.1. The lowest BCUT2D eigenvalue weighted by atomic mass is 9.88. The highest BCUT2D eigenvalue weighted by Crippen LogP contribution is 2.41. The van der Waals surface area contributed by atoms with Crippen LogP contribution in [0.1, 0.15) is 95.3 Å². The van der Waals surface area contributed by atoms with Gasteiger partial charge in [0.2, 0.25) is 0 Å². The molecule has 2 saturated carbocycles. The summed E-state index contributed by atoms with van der Waals surface area (Å²) in [6, 6.07) is 8.43. The maximum Gasteiger partial charge on any atom is 0.199 e. The molecule has 0 spiro atoms. The molecule has 240 valence electrons. The predicted octanol–water partition coefficient (Wildman–Crippen LogP) is 8.24. The van der Waals surface area contributed by atoms with Gasteiger partial charge in [-0.25, -0.2) is 29.9 Å². The van der Waals surface area contributed by atoms with Gasteiger partial charge in [0.05, 0.1) is 36.4 Å². The van der Waals surface area contributed by atoms with Gasteiger partial charge in [-0.1, -0.05) is 33.1 Å². The smallest absolute Gasteiger partial charge is 0.199 e. The number of aromatic amines is 2.